The van der Waals surface area contributed by atoms with Gasteiger partial charge in [0, 0.05) is 74.3 Å². The van der Waals surface area contributed by atoms with Gasteiger partial charge in [-0.2, -0.15) is 0 Å². The summed E-state index contributed by atoms with van der Waals surface area (Å²) < 4.78 is 0. The molecule has 4 N–H and O–H groups in total. The summed E-state index contributed by atoms with van der Waals surface area (Å²) in [7, 11) is 2.13. The number of Topliss-reactive ketones (excluding diaryl/α,β-unsaturated/α-hetero) is 1. The van der Waals surface area contributed by atoms with E-state index in [1.54, 1.807) is 30.7 Å². The van der Waals surface area contributed by atoms with Crippen LogP contribution in [0.1, 0.15) is 29.7 Å². The molecule has 1 amide bonds. The van der Waals surface area contributed by atoms with E-state index in [9.17, 15) is 9.59 Å². The highest BCUT2D eigenvalue weighted by atomic mass is 16.2. The first-order valence-electron chi connectivity index (χ1n) is 13.0. The fourth-order valence-corrected chi connectivity index (χ4v) is 4.59. The first-order valence-corrected chi connectivity index (χ1v) is 13.0. The Bertz CT molecular complexity index is 1340. The Morgan fingerprint density at radius 1 is 1.03 bits per heavy atom. The molecule has 0 spiro atoms. The number of ketones is 1. The summed E-state index contributed by atoms with van der Waals surface area (Å²) in [5.41, 5.74) is 10.5. The van der Waals surface area contributed by atoms with E-state index in [2.05, 4.69) is 32.1 Å². The number of nitrogen functional groups attached to an aromatic ring is 1. The lowest BCUT2D eigenvalue weighted by molar-refractivity contribution is -0.119. The average Bonchev–Trinajstić information content (AvgIpc) is 3.77. The van der Waals surface area contributed by atoms with E-state index >= 15 is 0 Å². The van der Waals surface area contributed by atoms with Crippen molar-refractivity contribution in [2.45, 2.75) is 25.8 Å². The van der Waals surface area contributed by atoms with Crippen molar-refractivity contribution in [3.63, 3.8) is 0 Å². The Balaban J connectivity index is 1.24. The van der Waals surface area contributed by atoms with Crippen LogP contribution in [0, 0.1) is 11.3 Å². The Hall–Kier alpha value is -3.95. The number of amides is 1. The van der Waals surface area contributed by atoms with Crippen LogP contribution in [-0.4, -0.2) is 70.4 Å². The minimum absolute atomic E-state index is 0.198. The number of hydrogen-bond acceptors (Lipinski definition) is 8. The number of carbonyl (C=O) groups excluding carboxylic acids is 2. The second-order valence-corrected chi connectivity index (χ2v) is 10.2. The first-order chi connectivity index (χ1) is 18.4. The summed E-state index contributed by atoms with van der Waals surface area (Å²) >= 11 is 0. The minimum Gasteiger partial charge on any atom is -0.398 e. The molecule has 1 saturated carbocycles. The third-order valence-corrected chi connectivity index (χ3v) is 7.15. The number of nitrogens with two attached hydrogens (primary N) is 1. The standard InChI is InChI=1S/C29H33N7O2/c1-35-8-10-36(11-9-35)18-24-6-5-23(17-33-24)34-29(38)28(31)25-14-21(4-7-26(25)30)22-12-19(15-32-16-22)13-27(37)20-2-3-20/h4-7,12,14-17,20,31H,2-3,8-11,13,18,30H2,1H3,(H,34,38). The number of rotatable bonds is 9. The molecule has 3 heterocycles. The van der Waals surface area contributed by atoms with Gasteiger partial charge in [0.15, 0.2) is 0 Å². The average molecular weight is 512 g/mol. The van der Waals surface area contributed by atoms with Gasteiger partial charge in [-0.05, 0) is 61.3 Å². The van der Waals surface area contributed by atoms with Gasteiger partial charge in [0.1, 0.15) is 11.5 Å². The lowest BCUT2D eigenvalue weighted by Gasteiger charge is -2.32. The van der Waals surface area contributed by atoms with Gasteiger partial charge >= 0.3 is 0 Å². The summed E-state index contributed by atoms with van der Waals surface area (Å²) in [4.78, 5) is 38.6. The van der Waals surface area contributed by atoms with E-state index in [1.807, 2.05) is 24.3 Å². The van der Waals surface area contributed by atoms with Gasteiger partial charge in [-0.25, -0.2) is 0 Å². The first kappa shape index (κ1) is 25.7. The molecule has 9 heteroatoms. The quantitative estimate of drug-likeness (QED) is 0.298. The van der Waals surface area contributed by atoms with Gasteiger partial charge < -0.3 is 16.0 Å². The number of benzene rings is 1. The Morgan fingerprint density at radius 3 is 2.53 bits per heavy atom. The highest BCUT2D eigenvalue weighted by molar-refractivity contribution is 6.48. The molecule has 2 aliphatic rings. The number of nitrogens with one attached hydrogen (secondary N) is 2. The summed E-state index contributed by atoms with van der Waals surface area (Å²) in [6, 6.07) is 10.9. The molecule has 2 fully saturated rings. The molecule has 1 saturated heterocycles. The third-order valence-electron chi connectivity index (χ3n) is 7.15. The molecule has 196 valence electrons. The number of pyridine rings is 2. The molecule has 2 aromatic heterocycles. The molecule has 1 aliphatic heterocycles. The van der Waals surface area contributed by atoms with Crippen LogP contribution in [0.25, 0.3) is 11.1 Å². The predicted molar refractivity (Wildman–Crippen MR) is 148 cm³/mol. The number of hydrogen-bond donors (Lipinski definition) is 3. The van der Waals surface area contributed by atoms with Crippen LogP contribution in [0.3, 0.4) is 0 Å². The van der Waals surface area contributed by atoms with E-state index in [1.165, 1.54) is 0 Å². The van der Waals surface area contributed by atoms with Gasteiger partial charge in [-0.1, -0.05) is 6.07 Å². The third kappa shape index (κ3) is 6.30. The van der Waals surface area contributed by atoms with Crippen molar-refractivity contribution in [3.8, 4) is 11.1 Å². The Kier molecular flexibility index (Phi) is 7.57. The summed E-state index contributed by atoms with van der Waals surface area (Å²) in [5.74, 6) is -0.115. The lowest BCUT2D eigenvalue weighted by atomic mass is 9.98. The molecule has 38 heavy (non-hydrogen) atoms. The number of nitrogens with zero attached hydrogens (tertiary/aromatic N) is 4. The highest BCUT2D eigenvalue weighted by Crippen LogP contribution is 2.31. The predicted octanol–water partition coefficient (Wildman–Crippen LogP) is 3.00. The van der Waals surface area contributed by atoms with Gasteiger partial charge in [0.25, 0.3) is 5.91 Å². The maximum Gasteiger partial charge on any atom is 0.274 e. The fourth-order valence-electron chi connectivity index (χ4n) is 4.59. The lowest BCUT2D eigenvalue weighted by Crippen LogP contribution is -2.44. The van der Waals surface area contributed by atoms with E-state index in [0.717, 1.165) is 67.9 Å². The largest absolute Gasteiger partial charge is 0.398 e. The molecule has 0 unspecified atom stereocenters. The van der Waals surface area contributed by atoms with Crippen LogP contribution in [0.15, 0.2) is 55.0 Å². The van der Waals surface area contributed by atoms with Crippen molar-refractivity contribution in [1.82, 2.24) is 19.8 Å². The van der Waals surface area contributed by atoms with Crippen molar-refractivity contribution >= 4 is 28.8 Å². The monoisotopic (exact) mass is 511 g/mol. The summed E-state index contributed by atoms with van der Waals surface area (Å²) in [6.45, 7) is 4.87. The van der Waals surface area contributed by atoms with E-state index < -0.39 is 5.91 Å². The SMILES string of the molecule is CN1CCN(Cc2ccc(NC(=O)C(=N)c3cc(-c4cncc(CC(=O)C5CC5)c4)ccc3N)cn2)CC1. The molecule has 0 radical (unpaired) electrons. The zero-order chi connectivity index (χ0) is 26.6. The van der Waals surface area contributed by atoms with Gasteiger partial charge in [-0.15, -0.1) is 0 Å². The van der Waals surface area contributed by atoms with Gasteiger partial charge in [0.2, 0.25) is 0 Å². The second-order valence-electron chi connectivity index (χ2n) is 10.2. The van der Waals surface area contributed by atoms with Crippen LogP contribution < -0.4 is 11.1 Å². The number of aromatic nitrogens is 2. The molecule has 1 aliphatic carbocycles. The van der Waals surface area contributed by atoms with Crippen LogP contribution in [0.5, 0.6) is 0 Å². The maximum atomic E-state index is 12.9. The molecule has 9 nitrogen and oxygen atoms in total. The van der Waals surface area contributed by atoms with Crippen molar-refractivity contribution in [2.24, 2.45) is 5.92 Å². The number of anilines is 2. The summed E-state index contributed by atoms with van der Waals surface area (Å²) in [6.07, 6.45) is 7.37. The highest BCUT2D eigenvalue weighted by Gasteiger charge is 2.29. The minimum atomic E-state index is -0.565. The maximum absolute atomic E-state index is 12.9. The van der Waals surface area contributed by atoms with Gasteiger partial charge in [0.05, 0.1) is 17.6 Å². The smallest absolute Gasteiger partial charge is 0.274 e. The Morgan fingerprint density at radius 2 is 1.82 bits per heavy atom. The zero-order valence-electron chi connectivity index (χ0n) is 21.6. The zero-order valence-corrected chi connectivity index (χ0v) is 21.6. The molecule has 3 aromatic rings. The molecular weight excluding hydrogens is 478 g/mol. The van der Waals surface area contributed by atoms with Crippen LogP contribution in [0.4, 0.5) is 11.4 Å². The molecule has 5 rings (SSSR count). The molecular formula is C29H33N7O2. The van der Waals surface area contributed by atoms with E-state index in [0.29, 0.717) is 23.4 Å². The second kappa shape index (κ2) is 11.2. The van der Waals surface area contributed by atoms with Crippen molar-refractivity contribution in [3.05, 3.63) is 71.8 Å². The number of likely N-dealkylation sites (N-methyl/N-ethyl adjacent to an activating group) is 1. The van der Waals surface area contributed by atoms with Crippen LogP contribution in [-0.2, 0) is 22.6 Å². The van der Waals surface area contributed by atoms with E-state index in [-0.39, 0.29) is 17.4 Å². The van der Waals surface area contributed by atoms with Crippen LogP contribution in [0.2, 0.25) is 0 Å². The topological polar surface area (TPSA) is 128 Å². The molecule has 0 bridgehead atoms. The van der Waals surface area contributed by atoms with Crippen molar-refractivity contribution < 1.29 is 9.59 Å². The van der Waals surface area contributed by atoms with Crippen molar-refractivity contribution in [1.29, 1.82) is 5.41 Å². The molecule has 1 aromatic carbocycles. The fraction of sp³-hybridized carbons (Fsp3) is 0.345. The number of carbonyl (C=O) groups is 2. The molecule has 0 atom stereocenters. The van der Waals surface area contributed by atoms with Crippen molar-refractivity contribution in [2.75, 3.05) is 44.3 Å². The Labute approximate surface area is 222 Å². The normalized spacial score (nSPS) is 16.2. The number of piperazine rings is 1. The van der Waals surface area contributed by atoms with Crippen LogP contribution >= 0.6 is 0 Å². The van der Waals surface area contributed by atoms with Gasteiger partial charge in [-0.3, -0.25) is 29.9 Å². The van der Waals surface area contributed by atoms with E-state index in [4.69, 9.17) is 11.1 Å². The summed E-state index contributed by atoms with van der Waals surface area (Å²) in [5, 5.41) is 11.3.